The number of nitrogens with one attached hydrogen (secondary N) is 2. The van der Waals surface area contributed by atoms with E-state index in [-0.39, 0.29) is 10.8 Å². The second-order valence-corrected chi connectivity index (χ2v) is 8.64. The standard InChI is InChI=1S/C23H24N2O4S/c1-16-8-4-6-10-21(16)25-30(27,28)20-14-12-19(13-15-20)24-23(26)18(3)29-22-11-7-5-9-17(22)2/h4-15,18,25H,1-3H3,(H,24,26)/t18-/m0/s1. The fraction of sp³-hybridized carbons (Fsp3) is 0.174. The van der Waals surface area contributed by atoms with Crippen LogP contribution in [0.5, 0.6) is 5.75 Å². The molecule has 7 heteroatoms. The number of benzene rings is 3. The molecule has 30 heavy (non-hydrogen) atoms. The summed E-state index contributed by atoms with van der Waals surface area (Å²) in [5.74, 6) is 0.316. The summed E-state index contributed by atoms with van der Waals surface area (Å²) in [5, 5.41) is 2.74. The highest BCUT2D eigenvalue weighted by Gasteiger charge is 2.18. The highest BCUT2D eigenvalue weighted by atomic mass is 32.2. The number of rotatable bonds is 7. The van der Waals surface area contributed by atoms with E-state index in [4.69, 9.17) is 4.74 Å². The summed E-state index contributed by atoms with van der Waals surface area (Å²) in [7, 11) is -3.73. The first-order valence-electron chi connectivity index (χ1n) is 9.48. The van der Waals surface area contributed by atoms with E-state index >= 15 is 0 Å². The van der Waals surface area contributed by atoms with Crippen molar-refractivity contribution < 1.29 is 17.9 Å². The third kappa shape index (κ3) is 5.18. The minimum atomic E-state index is -3.73. The van der Waals surface area contributed by atoms with Gasteiger partial charge in [-0.25, -0.2) is 8.42 Å². The molecule has 0 bridgehead atoms. The summed E-state index contributed by atoms with van der Waals surface area (Å²) in [5.41, 5.74) is 2.77. The van der Waals surface area contributed by atoms with Crippen LogP contribution in [-0.4, -0.2) is 20.4 Å². The van der Waals surface area contributed by atoms with Crippen LogP contribution >= 0.6 is 0 Å². The van der Waals surface area contributed by atoms with Gasteiger partial charge in [0.1, 0.15) is 5.75 Å². The third-order valence-electron chi connectivity index (χ3n) is 4.59. The van der Waals surface area contributed by atoms with E-state index in [1.807, 2.05) is 44.2 Å². The highest BCUT2D eigenvalue weighted by Crippen LogP contribution is 2.21. The molecule has 0 unspecified atom stereocenters. The topological polar surface area (TPSA) is 84.5 Å². The van der Waals surface area contributed by atoms with E-state index in [0.717, 1.165) is 11.1 Å². The molecule has 0 aromatic heterocycles. The molecule has 0 spiro atoms. The normalized spacial score (nSPS) is 12.1. The molecule has 0 heterocycles. The Bertz CT molecular complexity index is 1140. The van der Waals surface area contributed by atoms with Gasteiger partial charge >= 0.3 is 0 Å². The van der Waals surface area contributed by atoms with Gasteiger partial charge in [0, 0.05) is 5.69 Å². The van der Waals surface area contributed by atoms with Gasteiger partial charge in [0.2, 0.25) is 0 Å². The number of hydrogen-bond acceptors (Lipinski definition) is 4. The average Bonchev–Trinajstić information content (AvgIpc) is 2.71. The van der Waals surface area contributed by atoms with Crippen LogP contribution in [0.15, 0.2) is 77.7 Å². The van der Waals surface area contributed by atoms with E-state index in [0.29, 0.717) is 17.1 Å². The van der Waals surface area contributed by atoms with Crippen molar-refractivity contribution in [2.75, 3.05) is 10.0 Å². The molecule has 0 aliphatic rings. The molecular formula is C23H24N2O4S. The van der Waals surface area contributed by atoms with Crippen molar-refractivity contribution in [3.8, 4) is 5.75 Å². The number of hydrogen-bond donors (Lipinski definition) is 2. The Morgan fingerprint density at radius 2 is 1.47 bits per heavy atom. The Morgan fingerprint density at radius 3 is 2.10 bits per heavy atom. The van der Waals surface area contributed by atoms with E-state index in [2.05, 4.69) is 10.0 Å². The zero-order valence-electron chi connectivity index (χ0n) is 17.0. The third-order valence-corrected chi connectivity index (χ3v) is 5.97. The van der Waals surface area contributed by atoms with Crippen molar-refractivity contribution in [1.29, 1.82) is 0 Å². The van der Waals surface area contributed by atoms with Crippen LogP contribution in [0.4, 0.5) is 11.4 Å². The monoisotopic (exact) mass is 424 g/mol. The zero-order chi connectivity index (χ0) is 21.7. The zero-order valence-corrected chi connectivity index (χ0v) is 17.9. The molecule has 156 valence electrons. The molecule has 0 radical (unpaired) electrons. The van der Waals surface area contributed by atoms with Crippen LogP contribution in [0, 0.1) is 13.8 Å². The largest absolute Gasteiger partial charge is 0.481 e. The molecule has 3 aromatic rings. The molecule has 1 amide bonds. The number of ether oxygens (including phenoxy) is 1. The molecule has 6 nitrogen and oxygen atoms in total. The van der Waals surface area contributed by atoms with Gasteiger partial charge in [-0.1, -0.05) is 36.4 Å². The van der Waals surface area contributed by atoms with Gasteiger partial charge in [-0.2, -0.15) is 0 Å². The molecule has 2 N–H and O–H groups in total. The summed E-state index contributed by atoms with van der Waals surface area (Å²) in [4.78, 5) is 12.5. The maximum absolute atomic E-state index is 12.6. The SMILES string of the molecule is Cc1ccccc1NS(=O)(=O)c1ccc(NC(=O)[C@H](C)Oc2ccccc2C)cc1. The van der Waals surface area contributed by atoms with E-state index in [9.17, 15) is 13.2 Å². The second-order valence-electron chi connectivity index (χ2n) is 6.96. The predicted octanol–water partition coefficient (Wildman–Crippen LogP) is 4.51. The van der Waals surface area contributed by atoms with Crippen LogP contribution in [0.2, 0.25) is 0 Å². The lowest BCUT2D eigenvalue weighted by Crippen LogP contribution is -2.30. The Kier molecular flexibility index (Phi) is 6.42. The van der Waals surface area contributed by atoms with E-state index < -0.39 is 16.1 Å². The number of aryl methyl sites for hydroxylation is 2. The van der Waals surface area contributed by atoms with Gasteiger partial charge in [0.25, 0.3) is 15.9 Å². The van der Waals surface area contributed by atoms with Gasteiger partial charge in [0.15, 0.2) is 6.10 Å². The number of para-hydroxylation sites is 2. The van der Waals surface area contributed by atoms with Crippen molar-refractivity contribution in [1.82, 2.24) is 0 Å². The van der Waals surface area contributed by atoms with Crippen molar-refractivity contribution in [2.45, 2.75) is 31.8 Å². The summed E-state index contributed by atoms with van der Waals surface area (Å²) in [6, 6.07) is 20.6. The van der Waals surface area contributed by atoms with Crippen LogP contribution in [0.25, 0.3) is 0 Å². The average molecular weight is 425 g/mol. The predicted molar refractivity (Wildman–Crippen MR) is 118 cm³/mol. The van der Waals surface area contributed by atoms with E-state index in [1.54, 1.807) is 37.3 Å². The van der Waals surface area contributed by atoms with Crippen LogP contribution in [-0.2, 0) is 14.8 Å². The fourth-order valence-corrected chi connectivity index (χ4v) is 3.92. The molecular weight excluding hydrogens is 400 g/mol. The Balaban J connectivity index is 1.66. The second kappa shape index (κ2) is 9.00. The molecule has 0 saturated heterocycles. The summed E-state index contributed by atoms with van der Waals surface area (Å²) >= 11 is 0. The lowest BCUT2D eigenvalue weighted by molar-refractivity contribution is -0.122. The smallest absolute Gasteiger partial charge is 0.265 e. The van der Waals surface area contributed by atoms with Gasteiger partial charge in [-0.05, 0) is 68.3 Å². The fourth-order valence-electron chi connectivity index (χ4n) is 2.79. The van der Waals surface area contributed by atoms with E-state index in [1.165, 1.54) is 12.1 Å². The number of sulfonamides is 1. The number of amides is 1. The molecule has 3 rings (SSSR count). The summed E-state index contributed by atoms with van der Waals surface area (Å²) in [6.45, 7) is 5.40. The first kappa shape index (κ1) is 21.4. The maximum atomic E-state index is 12.6. The van der Waals surface area contributed by atoms with Crippen molar-refractivity contribution in [3.63, 3.8) is 0 Å². The molecule has 3 aromatic carbocycles. The number of carbonyl (C=O) groups is 1. The van der Waals surface area contributed by atoms with Crippen molar-refractivity contribution in [2.24, 2.45) is 0 Å². The van der Waals surface area contributed by atoms with Gasteiger partial charge in [-0.15, -0.1) is 0 Å². The lowest BCUT2D eigenvalue weighted by Gasteiger charge is -2.16. The molecule has 0 aliphatic heterocycles. The minimum Gasteiger partial charge on any atom is -0.481 e. The van der Waals surface area contributed by atoms with Gasteiger partial charge in [0.05, 0.1) is 10.6 Å². The van der Waals surface area contributed by atoms with Crippen LogP contribution in [0.1, 0.15) is 18.1 Å². The molecule has 0 fully saturated rings. The highest BCUT2D eigenvalue weighted by molar-refractivity contribution is 7.92. The van der Waals surface area contributed by atoms with Crippen LogP contribution < -0.4 is 14.8 Å². The van der Waals surface area contributed by atoms with Gasteiger partial charge < -0.3 is 10.1 Å². The molecule has 1 atom stereocenters. The Hall–Kier alpha value is -3.32. The minimum absolute atomic E-state index is 0.105. The number of carbonyl (C=O) groups excluding carboxylic acids is 1. The maximum Gasteiger partial charge on any atom is 0.265 e. The van der Waals surface area contributed by atoms with Crippen molar-refractivity contribution in [3.05, 3.63) is 83.9 Å². The summed E-state index contributed by atoms with van der Waals surface area (Å²) in [6.07, 6.45) is -0.711. The van der Waals surface area contributed by atoms with Gasteiger partial charge in [-0.3, -0.25) is 9.52 Å². The quantitative estimate of drug-likeness (QED) is 0.584. The van der Waals surface area contributed by atoms with Crippen LogP contribution in [0.3, 0.4) is 0 Å². The first-order chi connectivity index (χ1) is 14.3. The lowest BCUT2D eigenvalue weighted by atomic mass is 10.2. The van der Waals surface area contributed by atoms with Crippen molar-refractivity contribution >= 4 is 27.3 Å². The number of anilines is 2. The Labute approximate surface area is 177 Å². The first-order valence-corrected chi connectivity index (χ1v) is 11.0. The molecule has 0 aliphatic carbocycles. The molecule has 0 saturated carbocycles. The summed E-state index contributed by atoms with van der Waals surface area (Å²) < 4.78 is 33.5. The Morgan fingerprint density at radius 1 is 0.867 bits per heavy atom.